The summed E-state index contributed by atoms with van der Waals surface area (Å²) in [6.07, 6.45) is 9.25. The lowest BCUT2D eigenvalue weighted by atomic mass is 9.98. The number of allylic oxidation sites excluding steroid dienone is 3. The number of aromatic nitrogens is 1. The van der Waals surface area contributed by atoms with E-state index in [2.05, 4.69) is 25.3 Å². The van der Waals surface area contributed by atoms with Crippen LogP contribution < -0.4 is 0 Å². The van der Waals surface area contributed by atoms with Gasteiger partial charge in [0.05, 0.1) is 0 Å². The second-order valence-corrected chi connectivity index (χ2v) is 6.34. The summed E-state index contributed by atoms with van der Waals surface area (Å²) in [7, 11) is 0. The van der Waals surface area contributed by atoms with Gasteiger partial charge in [-0.2, -0.15) is 0 Å². The van der Waals surface area contributed by atoms with Gasteiger partial charge in [-0.25, -0.2) is 4.39 Å². The molecule has 0 spiro atoms. The number of rotatable bonds is 3. The molecule has 0 atom stereocenters. The minimum atomic E-state index is -0.453. The van der Waals surface area contributed by atoms with E-state index in [9.17, 15) is 9.50 Å². The van der Waals surface area contributed by atoms with E-state index in [1.54, 1.807) is 12.2 Å². The molecule has 0 amide bonds. The molecule has 1 N–H and O–H groups in total. The molecular weight excluding hydrogens is 301 g/mol. The number of hydrogen-bond donors (Lipinski definition) is 1. The highest BCUT2D eigenvalue weighted by Crippen LogP contribution is 2.37. The van der Waals surface area contributed by atoms with Crippen LogP contribution in [0.5, 0.6) is 0 Å². The Kier molecular flexibility index (Phi) is 4.43. The Labute approximate surface area is 142 Å². The van der Waals surface area contributed by atoms with Crippen LogP contribution in [0.3, 0.4) is 0 Å². The maximum absolute atomic E-state index is 12.8. The Morgan fingerprint density at radius 3 is 2.42 bits per heavy atom. The highest BCUT2D eigenvalue weighted by Gasteiger charge is 2.20. The van der Waals surface area contributed by atoms with Crippen LogP contribution in [0.25, 0.3) is 23.3 Å². The van der Waals surface area contributed by atoms with Gasteiger partial charge < -0.3 is 9.67 Å². The van der Waals surface area contributed by atoms with Crippen LogP contribution >= 0.6 is 0 Å². The van der Waals surface area contributed by atoms with Gasteiger partial charge in [0, 0.05) is 28.6 Å². The van der Waals surface area contributed by atoms with Gasteiger partial charge in [0.2, 0.25) is 0 Å². The van der Waals surface area contributed by atoms with Gasteiger partial charge in [0.1, 0.15) is 12.4 Å². The van der Waals surface area contributed by atoms with Crippen LogP contribution in [0.15, 0.2) is 48.3 Å². The van der Waals surface area contributed by atoms with Gasteiger partial charge in [0.15, 0.2) is 0 Å². The monoisotopic (exact) mass is 323 g/mol. The van der Waals surface area contributed by atoms with Crippen LogP contribution in [0, 0.1) is 6.92 Å². The van der Waals surface area contributed by atoms with Crippen molar-refractivity contribution in [2.45, 2.75) is 33.5 Å². The van der Waals surface area contributed by atoms with Crippen molar-refractivity contribution in [1.29, 1.82) is 0 Å². The summed E-state index contributed by atoms with van der Waals surface area (Å²) < 4.78 is 15.1. The number of fused-ring (bicyclic) bond motifs is 1. The lowest BCUT2D eigenvalue weighted by Crippen LogP contribution is -2.05. The average molecular weight is 323 g/mol. The van der Waals surface area contributed by atoms with Gasteiger partial charge in [-0.05, 0) is 56.2 Å². The third kappa shape index (κ3) is 2.82. The average Bonchev–Trinajstić information content (AvgIpc) is 2.82. The summed E-state index contributed by atoms with van der Waals surface area (Å²) in [6, 6.07) is 7.90. The van der Waals surface area contributed by atoms with Crippen molar-refractivity contribution >= 4 is 12.2 Å². The van der Waals surface area contributed by atoms with Gasteiger partial charge >= 0.3 is 0 Å². The van der Waals surface area contributed by atoms with Gasteiger partial charge in [-0.3, -0.25) is 0 Å². The number of halogens is 1. The molecule has 2 aromatic rings. The first-order valence-corrected chi connectivity index (χ1v) is 8.18. The van der Waals surface area contributed by atoms with Crippen molar-refractivity contribution in [3.05, 3.63) is 70.8 Å². The number of alkyl halides is 1. The first-order valence-electron chi connectivity index (χ1n) is 8.18. The molecule has 3 heteroatoms. The zero-order valence-corrected chi connectivity index (χ0v) is 14.3. The standard InChI is InChI=1S/C21H22FNO/c1-14(2)23-15(3)21(17-9-7-16(13-22)8-10-17)19-12-11-18(24)5-4-6-20(19)23/h4-12,14,24H,13H2,1-3H3/b5-4?,6-4-,12-11+,18-5-,18-11?,19-12?,20-6?. The molecule has 0 bridgehead atoms. The fourth-order valence-electron chi connectivity index (χ4n) is 3.35. The molecule has 2 nitrogen and oxygen atoms in total. The Morgan fingerprint density at radius 1 is 1.08 bits per heavy atom. The number of hydrogen-bond acceptors (Lipinski definition) is 1. The largest absolute Gasteiger partial charge is 0.508 e. The minimum absolute atomic E-state index is 0.227. The molecule has 1 aliphatic rings. The Bertz CT molecular complexity index is 836. The summed E-state index contributed by atoms with van der Waals surface area (Å²) in [5, 5.41) is 9.83. The lowest BCUT2D eigenvalue weighted by molar-refractivity contribution is 0.433. The summed E-state index contributed by atoms with van der Waals surface area (Å²) in [4.78, 5) is 0. The molecular formula is C21H22FNO. The normalized spacial score (nSPS) is 18.5. The molecule has 0 unspecified atom stereocenters. The number of nitrogens with zero attached hydrogens (tertiary/aromatic N) is 1. The van der Waals surface area contributed by atoms with Crippen molar-refractivity contribution in [2.24, 2.45) is 0 Å². The highest BCUT2D eigenvalue weighted by molar-refractivity contribution is 5.84. The molecule has 1 aliphatic carbocycles. The smallest absolute Gasteiger partial charge is 0.115 e. The minimum Gasteiger partial charge on any atom is -0.508 e. The molecule has 0 aliphatic heterocycles. The zero-order chi connectivity index (χ0) is 17.3. The van der Waals surface area contributed by atoms with E-state index in [1.165, 1.54) is 5.69 Å². The van der Waals surface area contributed by atoms with E-state index in [0.717, 1.165) is 22.4 Å². The summed E-state index contributed by atoms with van der Waals surface area (Å²) in [5.41, 5.74) is 6.22. The lowest BCUT2D eigenvalue weighted by Gasteiger charge is -2.14. The van der Waals surface area contributed by atoms with Crippen LogP contribution in [0.4, 0.5) is 4.39 Å². The van der Waals surface area contributed by atoms with E-state index in [1.807, 2.05) is 42.5 Å². The molecule has 1 aromatic carbocycles. The van der Waals surface area contributed by atoms with Gasteiger partial charge in [-0.15, -0.1) is 0 Å². The SMILES string of the molecule is Cc1c(-c2ccc(CF)cc2)c2c(n1C(C)C)\C=C/C=C(O)/C=C/2. The van der Waals surface area contributed by atoms with E-state index in [4.69, 9.17) is 0 Å². The molecule has 1 aromatic heterocycles. The third-order valence-corrected chi connectivity index (χ3v) is 4.38. The van der Waals surface area contributed by atoms with E-state index in [0.29, 0.717) is 11.6 Å². The maximum atomic E-state index is 12.8. The molecule has 24 heavy (non-hydrogen) atoms. The summed E-state index contributed by atoms with van der Waals surface area (Å²) in [5.74, 6) is 0.227. The molecule has 124 valence electrons. The van der Waals surface area contributed by atoms with Gasteiger partial charge in [-0.1, -0.05) is 30.3 Å². The predicted octanol–water partition coefficient (Wildman–Crippen LogP) is 6.00. The fraction of sp³-hybridized carbons (Fsp3) is 0.238. The molecule has 0 fully saturated rings. The molecule has 0 saturated carbocycles. The topological polar surface area (TPSA) is 25.2 Å². The maximum Gasteiger partial charge on any atom is 0.115 e. The Balaban J connectivity index is 2.26. The molecule has 0 radical (unpaired) electrons. The zero-order valence-electron chi connectivity index (χ0n) is 14.3. The molecule has 0 saturated heterocycles. The Morgan fingerprint density at radius 2 is 1.79 bits per heavy atom. The molecule has 3 rings (SSSR count). The van der Waals surface area contributed by atoms with E-state index >= 15 is 0 Å². The van der Waals surface area contributed by atoms with Gasteiger partial charge in [0.25, 0.3) is 0 Å². The van der Waals surface area contributed by atoms with Crippen molar-refractivity contribution in [1.82, 2.24) is 4.57 Å². The van der Waals surface area contributed by atoms with Crippen molar-refractivity contribution < 1.29 is 9.50 Å². The summed E-state index contributed by atoms with van der Waals surface area (Å²) in [6.45, 7) is 5.98. The van der Waals surface area contributed by atoms with E-state index in [-0.39, 0.29) is 5.76 Å². The first kappa shape index (κ1) is 16.3. The van der Waals surface area contributed by atoms with Crippen LogP contribution in [0.2, 0.25) is 0 Å². The van der Waals surface area contributed by atoms with Crippen molar-refractivity contribution in [3.63, 3.8) is 0 Å². The van der Waals surface area contributed by atoms with E-state index < -0.39 is 6.67 Å². The number of benzene rings is 1. The van der Waals surface area contributed by atoms with Crippen LogP contribution in [-0.2, 0) is 6.67 Å². The number of aliphatic hydroxyl groups is 1. The highest BCUT2D eigenvalue weighted by atomic mass is 19.1. The second kappa shape index (κ2) is 6.52. The quantitative estimate of drug-likeness (QED) is 0.736. The predicted molar refractivity (Wildman–Crippen MR) is 98.6 cm³/mol. The Hall–Kier alpha value is -2.55. The molecule has 1 heterocycles. The first-order chi connectivity index (χ1) is 11.5. The van der Waals surface area contributed by atoms with Crippen LogP contribution in [-0.4, -0.2) is 9.67 Å². The number of aliphatic hydroxyl groups excluding tert-OH is 1. The van der Waals surface area contributed by atoms with Crippen LogP contribution in [0.1, 0.15) is 42.4 Å². The van der Waals surface area contributed by atoms with Crippen molar-refractivity contribution in [2.75, 3.05) is 0 Å². The fourth-order valence-corrected chi connectivity index (χ4v) is 3.35. The third-order valence-electron chi connectivity index (χ3n) is 4.38. The van der Waals surface area contributed by atoms with Crippen molar-refractivity contribution in [3.8, 4) is 11.1 Å². The summed E-state index contributed by atoms with van der Waals surface area (Å²) >= 11 is 0. The second-order valence-electron chi connectivity index (χ2n) is 6.34.